The van der Waals surface area contributed by atoms with E-state index in [1.807, 2.05) is 10.8 Å². The van der Waals surface area contributed by atoms with Gasteiger partial charge >= 0.3 is 0 Å². The Morgan fingerprint density at radius 1 is 1.35 bits per heavy atom. The molecule has 0 bridgehead atoms. The van der Waals surface area contributed by atoms with E-state index in [1.54, 1.807) is 6.92 Å². The Labute approximate surface area is 115 Å². The summed E-state index contributed by atoms with van der Waals surface area (Å²) in [5, 5.41) is 8.75. The molecule has 1 aromatic carbocycles. The maximum Gasteiger partial charge on any atom is 0.268 e. The summed E-state index contributed by atoms with van der Waals surface area (Å²) in [6.07, 6.45) is 2.42. The number of nitrogens with one attached hydrogen (secondary N) is 1. The molecule has 1 aromatic heterocycles. The fraction of sp³-hybridized carbons (Fsp3) is 0.0769. The maximum absolute atomic E-state index is 12.1. The first-order valence-corrected chi connectivity index (χ1v) is 7.02. The lowest BCUT2D eigenvalue weighted by molar-refractivity contribution is 0.0981. The van der Waals surface area contributed by atoms with E-state index in [2.05, 4.69) is 0 Å². The molecular formula is C13H10N2O4S. The highest BCUT2D eigenvalue weighted by Crippen LogP contribution is 2.16. The summed E-state index contributed by atoms with van der Waals surface area (Å²) in [6.45, 7) is 1.55. The minimum atomic E-state index is -3.99. The van der Waals surface area contributed by atoms with Crippen LogP contribution >= 0.6 is 0 Å². The van der Waals surface area contributed by atoms with Gasteiger partial charge in [0.05, 0.1) is 28.4 Å². The number of hydrogen-bond donors (Lipinski definition) is 1. The van der Waals surface area contributed by atoms with Crippen molar-refractivity contribution < 1.29 is 17.6 Å². The van der Waals surface area contributed by atoms with Crippen LogP contribution in [-0.4, -0.2) is 14.3 Å². The van der Waals surface area contributed by atoms with Crippen LogP contribution in [0.4, 0.5) is 0 Å². The minimum Gasteiger partial charge on any atom is -0.472 e. The van der Waals surface area contributed by atoms with Crippen molar-refractivity contribution in [2.24, 2.45) is 0 Å². The van der Waals surface area contributed by atoms with Gasteiger partial charge in [-0.15, -0.1) is 0 Å². The molecule has 7 heteroatoms. The van der Waals surface area contributed by atoms with Crippen LogP contribution in [-0.2, 0) is 10.0 Å². The van der Waals surface area contributed by atoms with Crippen molar-refractivity contribution in [3.05, 3.63) is 53.5 Å². The molecule has 0 aliphatic rings. The van der Waals surface area contributed by atoms with E-state index < -0.39 is 15.9 Å². The number of aryl methyl sites for hydroxylation is 1. The van der Waals surface area contributed by atoms with Crippen LogP contribution in [0.15, 0.2) is 46.1 Å². The third kappa shape index (κ3) is 2.70. The van der Waals surface area contributed by atoms with Gasteiger partial charge in [-0.25, -0.2) is 13.1 Å². The first-order valence-electron chi connectivity index (χ1n) is 5.54. The van der Waals surface area contributed by atoms with E-state index in [1.165, 1.54) is 30.5 Å². The highest BCUT2D eigenvalue weighted by molar-refractivity contribution is 7.90. The molecule has 102 valence electrons. The van der Waals surface area contributed by atoms with Crippen LogP contribution in [0.2, 0.25) is 0 Å². The average molecular weight is 290 g/mol. The van der Waals surface area contributed by atoms with Crippen molar-refractivity contribution in [1.82, 2.24) is 4.72 Å². The van der Waals surface area contributed by atoms with Gasteiger partial charge in [0.25, 0.3) is 15.9 Å². The monoisotopic (exact) mass is 290 g/mol. The van der Waals surface area contributed by atoms with Crippen LogP contribution in [0.1, 0.15) is 21.5 Å². The predicted octanol–water partition coefficient (Wildman–Crippen LogP) is 1.58. The summed E-state index contributed by atoms with van der Waals surface area (Å²) in [5.74, 6) is -0.775. The fourth-order valence-corrected chi connectivity index (χ4v) is 2.85. The number of carbonyl (C=O) groups excluding carboxylic acids is 1. The SMILES string of the molecule is Cc1cc(C#N)ccc1S(=O)(=O)NC(=O)c1ccoc1. The van der Waals surface area contributed by atoms with Gasteiger partial charge in [-0.3, -0.25) is 4.79 Å². The molecule has 0 aliphatic heterocycles. The second-order valence-corrected chi connectivity index (χ2v) is 5.69. The Balaban J connectivity index is 2.32. The molecule has 0 saturated heterocycles. The van der Waals surface area contributed by atoms with Gasteiger partial charge in [0.1, 0.15) is 6.26 Å². The highest BCUT2D eigenvalue weighted by Gasteiger charge is 2.21. The Bertz CT molecular complexity index is 786. The van der Waals surface area contributed by atoms with Crippen LogP contribution in [0.25, 0.3) is 0 Å². The molecule has 0 unspecified atom stereocenters. The Hall–Kier alpha value is -2.59. The molecule has 1 N–H and O–H groups in total. The zero-order valence-corrected chi connectivity index (χ0v) is 11.3. The van der Waals surface area contributed by atoms with E-state index in [0.717, 1.165) is 6.26 Å². The summed E-state index contributed by atoms with van der Waals surface area (Å²) in [6, 6.07) is 7.38. The van der Waals surface area contributed by atoms with Gasteiger partial charge < -0.3 is 4.42 Å². The number of furan rings is 1. The zero-order chi connectivity index (χ0) is 14.8. The van der Waals surface area contributed by atoms with Gasteiger partial charge in [0.15, 0.2) is 0 Å². The molecule has 1 heterocycles. The van der Waals surface area contributed by atoms with Crippen LogP contribution in [0.5, 0.6) is 0 Å². The van der Waals surface area contributed by atoms with Crippen molar-refractivity contribution in [3.63, 3.8) is 0 Å². The number of nitriles is 1. The van der Waals surface area contributed by atoms with Gasteiger partial charge in [-0.1, -0.05) is 0 Å². The van der Waals surface area contributed by atoms with Crippen molar-refractivity contribution in [1.29, 1.82) is 5.26 Å². The molecule has 1 amide bonds. The maximum atomic E-state index is 12.1. The molecule has 0 atom stereocenters. The summed E-state index contributed by atoms with van der Waals surface area (Å²) in [4.78, 5) is 11.7. The van der Waals surface area contributed by atoms with Crippen molar-refractivity contribution >= 4 is 15.9 Å². The first kappa shape index (κ1) is 13.8. The first-order chi connectivity index (χ1) is 9.44. The molecule has 0 aliphatic carbocycles. The van der Waals surface area contributed by atoms with E-state index in [0.29, 0.717) is 11.1 Å². The summed E-state index contributed by atoms with van der Waals surface area (Å²) < 4.78 is 30.9. The molecular weight excluding hydrogens is 280 g/mol. The topological polar surface area (TPSA) is 100 Å². The second-order valence-electron chi connectivity index (χ2n) is 4.04. The van der Waals surface area contributed by atoms with Gasteiger partial charge in [0.2, 0.25) is 0 Å². The van der Waals surface area contributed by atoms with Gasteiger partial charge in [-0.05, 0) is 36.8 Å². The van der Waals surface area contributed by atoms with Gasteiger partial charge in [-0.2, -0.15) is 5.26 Å². The molecule has 2 aromatic rings. The van der Waals surface area contributed by atoms with Crippen LogP contribution in [0, 0.1) is 18.3 Å². The lowest BCUT2D eigenvalue weighted by Crippen LogP contribution is -2.30. The number of benzene rings is 1. The Morgan fingerprint density at radius 3 is 2.65 bits per heavy atom. The third-order valence-corrected chi connectivity index (χ3v) is 4.10. The standard InChI is InChI=1S/C13H10N2O4S/c1-9-6-10(7-14)2-3-12(9)20(17,18)15-13(16)11-4-5-19-8-11/h2-6,8H,1H3,(H,15,16). The zero-order valence-electron chi connectivity index (χ0n) is 10.5. The quantitative estimate of drug-likeness (QED) is 0.924. The number of hydrogen-bond acceptors (Lipinski definition) is 5. The molecule has 20 heavy (non-hydrogen) atoms. The van der Waals surface area contributed by atoms with E-state index >= 15 is 0 Å². The average Bonchev–Trinajstić information content (AvgIpc) is 2.91. The normalized spacial score (nSPS) is 10.8. The molecule has 0 saturated carbocycles. The van der Waals surface area contributed by atoms with Gasteiger partial charge in [0, 0.05) is 0 Å². The van der Waals surface area contributed by atoms with Crippen LogP contribution in [0.3, 0.4) is 0 Å². The molecule has 6 nitrogen and oxygen atoms in total. The Kier molecular flexibility index (Phi) is 3.59. The number of carbonyl (C=O) groups is 1. The Morgan fingerprint density at radius 2 is 2.10 bits per heavy atom. The predicted molar refractivity (Wildman–Crippen MR) is 69.3 cm³/mol. The molecule has 0 spiro atoms. The second kappa shape index (κ2) is 5.19. The lowest BCUT2D eigenvalue weighted by atomic mass is 10.2. The smallest absolute Gasteiger partial charge is 0.268 e. The number of sulfonamides is 1. The minimum absolute atomic E-state index is 0.0478. The molecule has 0 fully saturated rings. The van der Waals surface area contributed by atoms with Crippen LogP contribution < -0.4 is 4.72 Å². The lowest BCUT2D eigenvalue weighted by Gasteiger charge is -2.08. The third-order valence-electron chi connectivity index (χ3n) is 2.60. The number of nitrogens with zero attached hydrogens (tertiary/aromatic N) is 1. The van der Waals surface area contributed by atoms with Crippen molar-refractivity contribution in [3.8, 4) is 6.07 Å². The summed E-state index contributed by atoms with van der Waals surface area (Å²) in [5.41, 5.74) is 0.846. The summed E-state index contributed by atoms with van der Waals surface area (Å²) in [7, 11) is -3.99. The highest BCUT2D eigenvalue weighted by atomic mass is 32.2. The van der Waals surface area contributed by atoms with Crippen molar-refractivity contribution in [2.75, 3.05) is 0 Å². The molecule has 0 radical (unpaired) electrons. The molecule has 2 rings (SSSR count). The number of rotatable bonds is 3. The summed E-state index contributed by atoms with van der Waals surface area (Å²) >= 11 is 0. The van der Waals surface area contributed by atoms with E-state index in [9.17, 15) is 13.2 Å². The van der Waals surface area contributed by atoms with E-state index in [4.69, 9.17) is 9.68 Å². The van der Waals surface area contributed by atoms with Crippen molar-refractivity contribution in [2.45, 2.75) is 11.8 Å². The number of amides is 1. The van der Waals surface area contributed by atoms with E-state index in [-0.39, 0.29) is 10.5 Å². The fourth-order valence-electron chi connectivity index (χ4n) is 1.65. The largest absolute Gasteiger partial charge is 0.472 e.